The van der Waals surface area contributed by atoms with Crippen LogP contribution in [0.2, 0.25) is 0 Å². The molecule has 1 N–H and O–H groups in total. The highest BCUT2D eigenvalue weighted by Gasteiger charge is 2.31. The first-order valence-corrected chi connectivity index (χ1v) is 7.00. The van der Waals surface area contributed by atoms with Gasteiger partial charge in [0.15, 0.2) is 0 Å². The van der Waals surface area contributed by atoms with Crippen molar-refractivity contribution < 1.29 is 14.3 Å². The maximum Gasteiger partial charge on any atom is 0.312 e. The fourth-order valence-corrected chi connectivity index (χ4v) is 2.76. The molecule has 0 bridgehead atoms. The second-order valence-corrected chi connectivity index (χ2v) is 5.26. The lowest BCUT2D eigenvalue weighted by Gasteiger charge is -2.34. The molecule has 1 atom stereocenters. The zero-order valence-corrected chi connectivity index (χ0v) is 11.6. The van der Waals surface area contributed by atoms with Crippen LogP contribution in [0.25, 0.3) is 0 Å². The lowest BCUT2D eigenvalue weighted by Crippen LogP contribution is -2.53. The summed E-state index contributed by atoms with van der Waals surface area (Å²) in [5, 5.41) is 3.18. The van der Waals surface area contributed by atoms with Gasteiger partial charge in [-0.25, -0.2) is 0 Å². The van der Waals surface area contributed by atoms with Gasteiger partial charge in [-0.15, -0.1) is 0 Å². The van der Waals surface area contributed by atoms with E-state index in [1.165, 1.54) is 0 Å². The smallest absolute Gasteiger partial charge is 0.312 e. The normalized spacial score (nSPS) is 24.4. The van der Waals surface area contributed by atoms with Crippen molar-refractivity contribution in [3.8, 4) is 0 Å². The van der Waals surface area contributed by atoms with E-state index in [9.17, 15) is 9.59 Å². The number of nitrogens with zero attached hydrogens (tertiary/aromatic N) is 2. The molecule has 0 aliphatic carbocycles. The minimum Gasteiger partial charge on any atom is -0.384 e. The number of ether oxygens (including phenoxy) is 1. The number of piperidine rings is 1. The number of hydrogen-bond donors (Lipinski definition) is 1. The molecule has 6 heteroatoms. The standard InChI is InChI=1S/C13H23N3O3/c1-19-10-11-3-2-6-16(9-11)13(18)12(17)15-7-4-14-5-8-15/h11,14H,2-10H2,1H3. The average molecular weight is 269 g/mol. The fraction of sp³-hybridized carbons (Fsp3) is 0.846. The molecule has 2 rings (SSSR count). The predicted octanol–water partition coefficient (Wildman–Crippen LogP) is -0.697. The van der Waals surface area contributed by atoms with Gasteiger partial charge in [0, 0.05) is 46.4 Å². The Morgan fingerprint density at radius 2 is 1.84 bits per heavy atom. The van der Waals surface area contributed by atoms with E-state index < -0.39 is 0 Å². The Balaban J connectivity index is 1.88. The SMILES string of the molecule is COCC1CCCN(C(=O)C(=O)N2CCNCC2)C1. The Morgan fingerprint density at radius 1 is 1.16 bits per heavy atom. The number of likely N-dealkylation sites (tertiary alicyclic amines) is 1. The van der Waals surface area contributed by atoms with Crippen molar-refractivity contribution in [2.24, 2.45) is 5.92 Å². The number of piperazine rings is 1. The molecule has 2 aliphatic heterocycles. The highest BCUT2D eigenvalue weighted by molar-refractivity contribution is 6.34. The van der Waals surface area contributed by atoms with Gasteiger partial charge < -0.3 is 19.9 Å². The van der Waals surface area contributed by atoms with E-state index in [1.807, 2.05) is 0 Å². The number of hydrogen-bond acceptors (Lipinski definition) is 4. The molecule has 19 heavy (non-hydrogen) atoms. The Bertz CT molecular complexity index is 327. The number of nitrogens with one attached hydrogen (secondary N) is 1. The van der Waals surface area contributed by atoms with Gasteiger partial charge in [0.1, 0.15) is 0 Å². The summed E-state index contributed by atoms with van der Waals surface area (Å²) in [6.07, 6.45) is 2.02. The van der Waals surface area contributed by atoms with E-state index in [1.54, 1.807) is 16.9 Å². The minimum absolute atomic E-state index is 0.345. The molecular formula is C13H23N3O3. The van der Waals surface area contributed by atoms with Crippen molar-refractivity contribution in [3.05, 3.63) is 0 Å². The predicted molar refractivity (Wildman–Crippen MR) is 70.6 cm³/mol. The number of carbonyl (C=O) groups is 2. The van der Waals surface area contributed by atoms with Gasteiger partial charge in [0.2, 0.25) is 0 Å². The lowest BCUT2D eigenvalue weighted by atomic mass is 9.99. The van der Waals surface area contributed by atoms with Gasteiger partial charge in [0.05, 0.1) is 6.61 Å². The minimum atomic E-state index is -0.348. The highest BCUT2D eigenvalue weighted by Crippen LogP contribution is 2.17. The summed E-state index contributed by atoms with van der Waals surface area (Å²) in [4.78, 5) is 27.7. The highest BCUT2D eigenvalue weighted by atomic mass is 16.5. The topological polar surface area (TPSA) is 61.9 Å². The first-order chi connectivity index (χ1) is 9.22. The Kier molecular flexibility index (Phi) is 5.15. The number of rotatable bonds is 2. The van der Waals surface area contributed by atoms with Gasteiger partial charge in [-0.1, -0.05) is 0 Å². The van der Waals surface area contributed by atoms with Gasteiger partial charge in [-0.05, 0) is 18.8 Å². The van der Waals surface area contributed by atoms with Crippen LogP contribution in [-0.4, -0.2) is 74.6 Å². The third-order valence-electron chi connectivity index (χ3n) is 3.80. The van der Waals surface area contributed by atoms with Crippen molar-refractivity contribution in [1.29, 1.82) is 0 Å². The van der Waals surface area contributed by atoms with Crippen LogP contribution in [-0.2, 0) is 14.3 Å². The maximum atomic E-state index is 12.2. The Morgan fingerprint density at radius 3 is 2.53 bits per heavy atom. The third kappa shape index (κ3) is 3.67. The average Bonchev–Trinajstić information content (AvgIpc) is 2.47. The molecule has 2 saturated heterocycles. The van der Waals surface area contributed by atoms with Crippen LogP contribution < -0.4 is 5.32 Å². The van der Waals surface area contributed by atoms with E-state index in [4.69, 9.17) is 4.74 Å². The van der Waals surface area contributed by atoms with E-state index in [-0.39, 0.29) is 11.8 Å². The third-order valence-corrected chi connectivity index (χ3v) is 3.80. The second kappa shape index (κ2) is 6.86. The number of carbonyl (C=O) groups excluding carboxylic acids is 2. The van der Waals surface area contributed by atoms with Crippen LogP contribution in [0, 0.1) is 5.92 Å². The summed E-state index contributed by atoms with van der Waals surface area (Å²) in [5.74, 6) is -0.333. The molecule has 2 heterocycles. The molecule has 0 aromatic heterocycles. The first-order valence-electron chi connectivity index (χ1n) is 7.00. The zero-order chi connectivity index (χ0) is 13.7. The molecule has 2 aliphatic rings. The monoisotopic (exact) mass is 269 g/mol. The van der Waals surface area contributed by atoms with Crippen molar-refractivity contribution in [1.82, 2.24) is 15.1 Å². The van der Waals surface area contributed by atoms with Crippen LogP contribution in [0.3, 0.4) is 0 Å². The molecule has 0 aromatic carbocycles. The molecule has 108 valence electrons. The zero-order valence-electron chi connectivity index (χ0n) is 11.6. The molecule has 1 unspecified atom stereocenters. The van der Waals surface area contributed by atoms with Crippen molar-refractivity contribution in [3.63, 3.8) is 0 Å². The maximum absolute atomic E-state index is 12.2. The van der Waals surface area contributed by atoms with Crippen LogP contribution in [0.4, 0.5) is 0 Å². The summed E-state index contributed by atoms with van der Waals surface area (Å²) in [6, 6.07) is 0. The number of amides is 2. The van der Waals surface area contributed by atoms with Crippen LogP contribution in [0.1, 0.15) is 12.8 Å². The van der Waals surface area contributed by atoms with Gasteiger partial charge in [-0.3, -0.25) is 9.59 Å². The van der Waals surface area contributed by atoms with E-state index in [2.05, 4.69) is 5.32 Å². The van der Waals surface area contributed by atoms with Gasteiger partial charge >= 0.3 is 11.8 Å². The summed E-state index contributed by atoms with van der Waals surface area (Å²) in [7, 11) is 1.67. The van der Waals surface area contributed by atoms with Crippen LogP contribution in [0.5, 0.6) is 0 Å². The summed E-state index contributed by atoms with van der Waals surface area (Å²) >= 11 is 0. The largest absolute Gasteiger partial charge is 0.384 e. The molecule has 0 saturated carbocycles. The van der Waals surface area contributed by atoms with Gasteiger partial charge in [-0.2, -0.15) is 0 Å². The summed E-state index contributed by atoms with van der Waals surface area (Å²) in [5.41, 5.74) is 0. The molecule has 0 aromatic rings. The summed E-state index contributed by atoms with van der Waals surface area (Å²) < 4.78 is 5.14. The summed E-state index contributed by atoms with van der Waals surface area (Å²) in [6.45, 7) is 4.78. The van der Waals surface area contributed by atoms with Crippen molar-refractivity contribution >= 4 is 11.8 Å². The number of methoxy groups -OCH3 is 1. The van der Waals surface area contributed by atoms with E-state index in [0.717, 1.165) is 25.9 Å². The molecule has 2 amide bonds. The fourth-order valence-electron chi connectivity index (χ4n) is 2.76. The van der Waals surface area contributed by atoms with E-state index >= 15 is 0 Å². The lowest BCUT2D eigenvalue weighted by molar-refractivity contribution is -0.153. The van der Waals surface area contributed by atoms with Crippen LogP contribution in [0.15, 0.2) is 0 Å². The van der Waals surface area contributed by atoms with Crippen LogP contribution >= 0.6 is 0 Å². The Hall–Kier alpha value is -1.14. The van der Waals surface area contributed by atoms with Crippen molar-refractivity contribution in [2.75, 3.05) is 53.0 Å². The van der Waals surface area contributed by atoms with Crippen molar-refractivity contribution in [2.45, 2.75) is 12.8 Å². The molecule has 2 fully saturated rings. The quantitative estimate of drug-likeness (QED) is 0.674. The molecular weight excluding hydrogens is 246 g/mol. The molecule has 0 radical (unpaired) electrons. The molecule has 6 nitrogen and oxygen atoms in total. The Labute approximate surface area is 114 Å². The van der Waals surface area contributed by atoms with E-state index in [0.29, 0.717) is 38.7 Å². The van der Waals surface area contributed by atoms with Gasteiger partial charge in [0.25, 0.3) is 0 Å². The first kappa shape index (κ1) is 14.3. The molecule has 0 spiro atoms. The second-order valence-electron chi connectivity index (χ2n) is 5.26.